The Kier molecular flexibility index (Phi) is 7.21. The number of carbonyl (C=O) groups is 2. The van der Waals surface area contributed by atoms with Gasteiger partial charge in [0.05, 0.1) is 24.6 Å². The molecule has 0 fully saturated rings. The summed E-state index contributed by atoms with van der Waals surface area (Å²) >= 11 is 0. The molecule has 0 aliphatic carbocycles. The van der Waals surface area contributed by atoms with E-state index in [2.05, 4.69) is 10.1 Å². The lowest BCUT2D eigenvalue weighted by Gasteiger charge is -2.22. The number of esters is 1. The fourth-order valence-corrected chi connectivity index (χ4v) is 2.95. The lowest BCUT2D eigenvalue weighted by Crippen LogP contribution is -2.37. The summed E-state index contributed by atoms with van der Waals surface area (Å²) in [7, 11) is -2.28. The number of rotatable bonds is 8. The second-order valence-electron chi connectivity index (χ2n) is 5.50. The van der Waals surface area contributed by atoms with Crippen LogP contribution < -0.4 is 9.62 Å². The van der Waals surface area contributed by atoms with Gasteiger partial charge < -0.3 is 10.1 Å². The number of hydrogen-bond donors (Lipinski definition) is 1. The van der Waals surface area contributed by atoms with Crippen molar-refractivity contribution in [1.29, 1.82) is 0 Å². The van der Waals surface area contributed by atoms with E-state index in [1.54, 1.807) is 0 Å². The molecule has 1 rings (SSSR count). The Morgan fingerprint density at radius 1 is 1.25 bits per heavy atom. The second kappa shape index (κ2) is 8.68. The Morgan fingerprint density at radius 2 is 1.83 bits per heavy atom. The molecular weight excluding hydrogens is 332 g/mol. The number of ether oxygens (including phenoxy) is 1. The predicted octanol–water partition coefficient (Wildman–Crippen LogP) is 1.54. The molecule has 134 valence electrons. The molecule has 0 radical (unpaired) electrons. The highest BCUT2D eigenvalue weighted by atomic mass is 32.2. The molecule has 1 unspecified atom stereocenters. The van der Waals surface area contributed by atoms with Crippen molar-refractivity contribution in [2.24, 2.45) is 0 Å². The van der Waals surface area contributed by atoms with Gasteiger partial charge in [-0.3, -0.25) is 9.10 Å². The van der Waals surface area contributed by atoms with Gasteiger partial charge in [-0.2, -0.15) is 0 Å². The zero-order chi connectivity index (χ0) is 18.3. The maximum atomic E-state index is 12.0. The Labute approximate surface area is 143 Å². The zero-order valence-corrected chi connectivity index (χ0v) is 15.2. The minimum absolute atomic E-state index is 0.0265. The molecule has 0 spiro atoms. The number of hydrogen-bond acceptors (Lipinski definition) is 5. The average molecular weight is 356 g/mol. The van der Waals surface area contributed by atoms with Crippen LogP contribution in [0.25, 0.3) is 0 Å². The highest BCUT2D eigenvalue weighted by Gasteiger charge is 2.19. The van der Waals surface area contributed by atoms with Crippen LogP contribution in [0.2, 0.25) is 0 Å². The summed E-state index contributed by atoms with van der Waals surface area (Å²) in [6.45, 7) is 3.87. The number of methoxy groups -OCH3 is 1. The van der Waals surface area contributed by atoms with Gasteiger partial charge in [-0.15, -0.1) is 0 Å². The van der Waals surface area contributed by atoms with E-state index in [1.807, 2.05) is 13.8 Å². The maximum absolute atomic E-state index is 12.0. The fourth-order valence-electron chi connectivity index (χ4n) is 2.02. The molecule has 7 nitrogen and oxygen atoms in total. The van der Waals surface area contributed by atoms with Gasteiger partial charge in [-0.05, 0) is 37.6 Å². The van der Waals surface area contributed by atoms with E-state index in [-0.39, 0.29) is 24.9 Å². The van der Waals surface area contributed by atoms with E-state index in [1.165, 1.54) is 31.4 Å². The van der Waals surface area contributed by atoms with Crippen molar-refractivity contribution in [3.63, 3.8) is 0 Å². The third kappa shape index (κ3) is 5.84. The van der Waals surface area contributed by atoms with Crippen LogP contribution in [0.15, 0.2) is 24.3 Å². The number of benzene rings is 1. The van der Waals surface area contributed by atoms with Gasteiger partial charge in [-0.25, -0.2) is 13.2 Å². The number of carbonyl (C=O) groups excluding carboxylic acids is 2. The molecule has 0 bridgehead atoms. The largest absolute Gasteiger partial charge is 0.465 e. The molecule has 0 aromatic heterocycles. The monoisotopic (exact) mass is 356 g/mol. The number of amides is 1. The zero-order valence-electron chi connectivity index (χ0n) is 14.4. The third-order valence-corrected chi connectivity index (χ3v) is 4.73. The number of anilines is 1. The molecular formula is C16H24N2O5S. The Balaban J connectivity index is 2.87. The van der Waals surface area contributed by atoms with Crippen LogP contribution in [-0.2, 0) is 19.6 Å². The molecule has 0 saturated carbocycles. The number of sulfonamides is 1. The maximum Gasteiger partial charge on any atom is 0.337 e. The molecule has 1 aromatic rings. The van der Waals surface area contributed by atoms with Gasteiger partial charge in [0.2, 0.25) is 15.9 Å². The quantitative estimate of drug-likeness (QED) is 0.713. The molecule has 1 atom stereocenters. The highest BCUT2D eigenvalue weighted by molar-refractivity contribution is 7.92. The van der Waals surface area contributed by atoms with Crippen LogP contribution in [0.1, 0.15) is 37.0 Å². The summed E-state index contributed by atoms with van der Waals surface area (Å²) in [6.07, 6.45) is 1.93. The normalized spacial score (nSPS) is 12.3. The Bertz CT molecular complexity index is 670. The molecule has 0 saturated heterocycles. The van der Waals surface area contributed by atoms with E-state index in [4.69, 9.17) is 0 Å². The highest BCUT2D eigenvalue weighted by Crippen LogP contribution is 2.19. The molecule has 0 aliphatic heterocycles. The minimum Gasteiger partial charge on any atom is -0.465 e. The second-order valence-corrected chi connectivity index (χ2v) is 7.41. The van der Waals surface area contributed by atoms with E-state index < -0.39 is 16.0 Å². The van der Waals surface area contributed by atoms with Gasteiger partial charge in [0.15, 0.2) is 0 Å². The first kappa shape index (κ1) is 20.0. The predicted molar refractivity (Wildman–Crippen MR) is 92.5 cm³/mol. The smallest absolute Gasteiger partial charge is 0.337 e. The van der Waals surface area contributed by atoms with Crippen molar-refractivity contribution < 1.29 is 22.7 Å². The number of nitrogens with one attached hydrogen (secondary N) is 1. The summed E-state index contributed by atoms with van der Waals surface area (Å²) in [5.74, 6) is -0.704. The lowest BCUT2D eigenvalue weighted by molar-refractivity contribution is -0.121. The van der Waals surface area contributed by atoms with Gasteiger partial charge in [0.25, 0.3) is 0 Å². The Hall–Kier alpha value is -2.09. The van der Waals surface area contributed by atoms with E-state index in [0.717, 1.165) is 17.0 Å². The van der Waals surface area contributed by atoms with Crippen LogP contribution in [0.5, 0.6) is 0 Å². The Morgan fingerprint density at radius 3 is 2.29 bits per heavy atom. The molecule has 0 heterocycles. The van der Waals surface area contributed by atoms with Crippen LogP contribution in [0.3, 0.4) is 0 Å². The fraction of sp³-hybridized carbons (Fsp3) is 0.500. The van der Waals surface area contributed by atoms with Gasteiger partial charge in [0.1, 0.15) is 0 Å². The molecule has 24 heavy (non-hydrogen) atoms. The van der Waals surface area contributed by atoms with E-state index in [9.17, 15) is 18.0 Å². The minimum atomic E-state index is -3.55. The summed E-state index contributed by atoms with van der Waals surface area (Å²) in [5.41, 5.74) is 0.714. The molecule has 1 aromatic carbocycles. The summed E-state index contributed by atoms with van der Waals surface area (Å²) in [6, 6.07) is 6.04. The molecule has 1 amide bonds. The lowest BCUT2D eigenvalue weighted by atomic mass is 10.2. The van der Waals surface area contributed by atoms with Gasteiger partial charge in [-0.1, -0.05) is 6.92 Å². The van der Waals surface area contributed by atoms with Gasteiger partial charge in [0, 0.05) is 19.0 Å². The first-order valence-corrected chi connectivity index (χ1v) is 9.49. The van der Waals surface area contributed by atoms with Crippen LogP contribution in [-0.4, -0.2) is 46.2 Å². The molecule has 0 aliphatic rings. The van der Waals surface area contributed by atoms with E-state index >= 15 is 0 Å². The standard InChI is InChI=1S/C16H24N2O5S/c1-5-12(2)17-15(19)10-11-18(24(4,21)22)14-8-6-13(7-9-14)16(20)23-3/h6-9,12H,5,10-11H2,1-4H3,(H,17,19). The van der Waals surface area contributed by atoms with Crippen molar-refractivity contribution in [1.82, 2.24) is 5.32 Å². The van der Waals surface area contributed by atoms with Crippen LogP contribution in [0, 0.1) is 0 Å². The van der Waals surface area contributed by atoms with Crippen LogP contribution in [0.4, 0.5) is 5.69 Å². The van der Waals surface area contributed by atoms with Crippen molar-refractivity contribution >= 4 is 27.6 Å². The van der Waals surface area contributed by atoms with Crippen molar-refractivity contribution in [3.05, 3.63) is 29.8 Å². The SMILES string of the molecule is CCC(C)NC(=O)CCN(c1ccc(C(=O)OC)cc1)S(C)(=O)=O. The third-order valence-electron chi connectivity index (χ3n) is 3.54. The average Bonchev–Trinajstić information content (AvgIpc) is 2.53. The summed E-state index contributed by atoms with van der Waals surface area (Å²) in [5, 5.41) is 2.80. The summed E-state index contributed by atoms with van der Waals surface area (Å²) < 4.78 is 29.8. The first-order valence-electron chi connectivity index (χ1n) is 7.64. The first-order chi connectivity index (χ1) is 11.2. The molecule has 8 heteroatoms. The number of nitrogens with zero attached hydrogens (tertiary/aromatic N) is 1. The van der Waals surface area contributed by atoms with Gasteiger partial charge >= 0.3 is 5.97 Å². The van der Waals surface area contributed by atoms with Crippen molar-refractivity contribution in [3.8, 4) is 0 Å². The van der Waals surface area contributed by atoms with E-state index in [0.29, 0.717) is 11.3 Å². The van der Waals surface area contributed by atoms with Crippen molar-refractivity contribution in [2.45, 2.75) is 32.7 Å². The topological polar surface area (TPSA) is 92.8 Å². The van der Waals surface area contributed by atoms with Crippen LogP contribution >= 0.6 is 0 Å². The summed E-state index contributed by atoms with van der Waals surface area (Å²) in [4.78, 5) is 23.3. The van der Waals surface area contributed by atoms with Crippen molar-refractivity contribution in [2.75, 3.05) is 24.2 Å². The molecule has 1 N–H and O–H groups in total.